The van der Waals surface area contributed by atoms with Crippen molar-refractivity contribution in [1.29, 1.82) is 0 Å². The summed E-state index contributed by atoms with van der Waals surface area (Å²) in [6.45, 7) is 7.18. The van der Waals surface area contributed by atoms with Gasteiger partial charge in [0.25, 0.3) is 0 Å². The summed E-state index contributed by atoms with van der Waals surface area (Å²) in [7, 11) is 9.63. The Morgan fingerprint density at radius 3 is 2.47 bits per heavy atom. The van der Waals surface area contributed by atoms with E-state index in [-0.39, 0.29) is 0 Å². The Labute approximate surface area is 181 Å². The van der Waals surface area contributed by atoms with Crippen LogP contribution in [0.2, 0.25) is 0 Å². The van der Waals surface area contributed by atoms with E-state index in [1.54, 1.807) is 14.2 Å². The van der Waals surface area contributed by atoms with Crippen molar-refractivity contribution in [2.75, 3.05) is 74.6 Å². The molecular formula is C22H38N6O2. The molecule has 2 N–H and O–H groups in total. The van der Waals surface area contributed by atoms with Crippen LogP contribution in [0.3, 0.4) is 0 Å². The monoisotopic (exact) mass is 418 g/mol. The van der Waals surface area contributed by atoms with Gasteiger partial charge in [0.1, 0.15) is 11.5 Å². The number of aliphatic imine (C=N–C) groups is 1. The van der Waals surface area contributed by atoms with Crippen molar-refractivity contribution >= 4 is 5.96 Å². The molecule has 2 heterocycles. The van der Waals surface area contributed by atoms with Crippen molar-refractivity contribution in [3.8, 4) is 11.5 Å². The first-order valence-corrected chi connectivity index (χ1v) is 10.8. The first kappa shape index (κ1) is 22.7. The van der Waals surface area contributed by atoms with Crippen molar-refractivity contribution in [3.05, 3.63) is 23.8 Å². The molecule has 0 amide bonds. The van der Waals surface area contributed by atoms with Gasteiger partial charge in [-0.3, -0.25) is 14.8 Å². The average molecular weight is 419 g/mol. The second kappa shape index (κ2) is 10.8. The van der Waals surface area contributed by atoms with Crippen molar-refractivity contribution in [1.82, 2.24) is 25.3 Å². The first-order valence-electron chi connectivity index (χ1n) is 10.8. The smallest absolute Gasteiger partial charge is 0.191 e. The van der Waals surface area contributed by atoms with Crippen LogP contribution in [0.15, 0.2) is 23.2 Å². The van der Waals surface area contributed by atoms with Gasteiger partial charge in [-0.15, -0.1) is 0 Å². The lowest BCUT2D eigenvalue weighted by Gasteiger charge is -2.38. The maximum atomic E-state index is 5.40. The Morgan fingerprint density at radius 1 is 1.07 bits per heavy atom. The van der Waals surface area contributed by atoms with Gasteiger partial charge >= 0.3 is 0 Å². The average Bonchev–Trinajstić information content (AvgIpc) is 3.19. The van der Waals surface area contributed by atoms with E-state index >= 15 is 0 Å². The van der Waals surface area contributed by atoms with Crippen molar-refractivity contribution in [3.63, 3.8) is 0 Å². The number of nitrogens with one attached hydrogen (secondary N) is 2. The molecule has 0 radical (unpaired) electrons. The van der Waals surface area contributed by atoms with Crippen LogP contribution in [0.4, 0.5) is 0 Å². The van der Waals surface area contributed by atoms with Crippen molar-refractivity contribution in [2.24, 2.45) is 4.99 Å². The zero-order valence-corrected chi connectivity index (χ0v) is 19.1. The zero-order valence-electron chi connectivity index (χ0n) is 19.1. The predicted molar refractivity (Wildman–Crippen MR) is 122 cm³/mol. The lowest BCUT2D eigenvalue weighted by atomic mass is 10.2. The number of guanidine groups is 1. The summed E-state index contributed by atoms with van der Waals surface area (Å²) >= 11 is 0. The zero-order chi connectivity index (χ0) is 21.5. The molecular weight excluding hydrogens is 380 g/mol. The van der Waals surface area contributed by atoms with Crippen LogP contribution in [0, 0.1) is 0 Å². The van der Waals surface area contributed by atoms with E-state index in [9.17, 15) is 0 Å². The van der Waals surface area contributed by atoms with E-state index in [0.717, 1.165) is 69.7 Å². The summed E-state index contributed by atoms with van der Waals surface area (Å²) in [5, 5.41) is 7.14. The number of hydrogen-bond donors (Lipinski definition) is 2. The number of hydrogen-bond acceptors (Lipinski definition) is 6. The van der Waals surface area contributed by atoms with E-state index in [0.29, 0.717) is 12.1 Å². The molecule has 0 spiro atoms. The predicted octanol–water partition coefficient (Wildman–Crippen LogP) is 0.689. The second-order valence-electron chi connectivity index (χ2n) is 8.44. The summed E-state index contributed by atoms with van der Waals surface area (Å²) in [4.78, 5) is 11.7. The van der Waals surface area contributed by atoms with Crippen LogP contribution >= 0.6 is 0 Å². The summed E-state index contributed by atoms with van der Waals surface area (Å²) < 4.78 is 10.8. The molecule has 8 heteroatoms. The van der Waals surface area contributed by atoms with E-state index in [1.165, 1.54) is 5.56 Å². The molecule has 0 aliphatic carbocycles. The quantitative estimate of drug-likeness (QED) is 0.499. The number of ether oxygens (including phenoxy) is 2. The molecule has 168 valence electrons. The highest BCUT2D eigenvalue weighted by molar-refractivity contribution is 5.80. The Morgan fingerprint density at radius 2 is 1.80 bits per heavy atom. The number of rotatable bonds is 7. The van der Waals surface area contributed by atoms with Gasteiger partial charge in [0.15, 0.2) is 5.96 Å². The van der Waals surface area contributed by atoms with Crippen molar-refractivity contribution < 1.29 is 9.47 Å². The molecule has 2 atom stereocenters. The lowest BCUT2D eigenvalue weighted by Crippen LogP contribution is -2.56. The van der Waals surface area contributed by atoms with E-state index in [2.05, 4.69) is 56.6 Å². The maximum absolute atomic E-state index is 5.40. The number of nitrogens with zero attached hydrogens (tertiary/aromatic N) is 4. The fourth-order valence-corrected chi connectivity index (χ4v) is 4.23. The molecule has 2 fully saturated rings. The lowest BCUT2D eigenvalue weighted by molar-refractivity contribution is 0.116. The Kier molecular flexibility index (Phi) is 8.18. The third-order valence-electron chi connectivity index (χ3n) is 6.14. The molecule has 30 heavy (non-hydrogen) atoms. The van der Waals surface area contributed by atoms with Gasteiger partial charge in [-0.1, -0.05) is 0 Å². The molecule has 2 saturated heterocycles. The minimum Gasteiger partial charge on any atom is -0.497 e. The van der Waals surface area contributed by atoms with Gasteiger partial charge in [-0.25, -0.2) is 0 Å². The van der Waals surface area contributed by atoms with Gasteiger partial charge in [0.05, 0.1) is 14.2 Å². The Balaban J connectivity index is 1.47. The molecule has 1 aromatic carbocycles. The minimum absolute atomic E-state index is 0.399. The second-order valence-corrected chi connectivity index (χ2v) is 8.44. The van der Waals surface area contributed by atoms with Gasteiger partial charge in [-0.2, -0.15) is 0 Å². The minimum atomic E-state index is 0.399. The fourth-order valence-electron chi connectivity index (χ4n) is 4.23. The molecule has 0 aromatic heterocycles. The standard InChI is InChI=1S/C22H38N6O2/c1-23-22(24-13-19-16-26(2)8-9-27(19)3)25-18-6-7-28(15-18)14-17-10-20(29-4)12-21(11-17)30-5/h10-12,18-19H,6-9,13-16H2,1-5H3,(H2,23,24,25). The summed E-state index contributed by atoms with van der Waals surface area (Å²) in [6.07, 6.45) is 1.11. The maximum Gasteiger partial charge on any atom is 0.191 e. The molecule has 0 bridgehead atoms. The SMILES string of the molecule is CN=C(NCC1CN(C)CCN1C)NC1CCN(Cc2cc(OC)cc(OC)c2)C1. The third kappa shape index (κ3) is 6.23. The Hall–Kier alpha value is -2.03. The normalized spacial score (nSPS) is 24.1. The summed E-state index contributed by atoms with van der Waals surface area (Å²) in [5.41, 5.74) is 1.21. The molecule has 0 saturated carbocycles. The number of likely N-dealkylation sites (N-methyl/N-ethyl adjacent to an activating group) is 2. The number of piperazine rings is 1. The van der Waals surface area contributed by atoms with Gasteiger partial charge < -0.3 is 25.0 Å². The summed E-state index contributed by atoms with van der Waals surface area (Å²) in [5.74, 6) is 2.56. The third-order valence-corrected chi connectivity index (χ3v) is 6.14. The molecule has 2 unspecified atom stereocenters. The van der Waals surface area contributed by atoms with Gasteiger partial charge in [0.2, 0.25) is 0 Å². The van der Waals surface area contributed by atoms with Crippen LogP contribution in [0.25, 0.3) is 0 Å². The van der Waals surface area contributed by atoms with Crippen LogP contribution in [0.1, 0.15) is 12.0 Å². The van der Waals surface area contributed by atoms with E-state index in [4.69, 9.17) is 9.47 Å². The van der Waals surface area contributed by atoms with E-state index < -0.39 is 0 Å². The van der Waals surface area contributed by atoms with Crippen LogP contribution in [-0.4, -0.2) is 107 Å². The highest BCUT2D eigenvalue weighted by Gasteiger charge is 2.25. The number of likely N-dealkylation sites (tertiary alicyclic amines) is 1. The fraction of sp³-hybridized carbons (Fsp3) is 0.682. The van der Waals surface area contributed by atoms with Crippen LogP contribution < -0.4 is 20.1 Å². The number of benzene rings is 1. The first-order chi connectivity index (χ1) is 14.5. The molecule has 3 rings (SSSR count). The topological polar surface area (TPSA) is 64.6 Å². The van der Waals surface area contributed by atoms with Gasteiger partial charge in [0, 0.05) is 71.0 Å². The Bertz CT molecular complexity index is 691. The largest absolute Gasteiger partial charge is 0.497 e. The highest BCUT2D eigenvalue weighted by Crippen LogP contribution is 2.24. The molecule has 8 nitrogen and oxygen atoms in total. The van der Waals surface area contributed by atoms with E-state index in [1.807, 2.05) is 13.1 Å². The van der Waals surface area contributed by atoms with Crippen LogP contribution in [0.5, 0.6) is 11.5 Å². The van der Waals surface area contributed by atoms with Crippen molar-refractivity contribution in [2.45, 2.75) is 25.0 Å². The molecule has 2 aliphatic rings. The van der Waals surface area contributed by atoms with Gasteiger partial charge in [-0.05, 0) is 38.2 Å². The highest BCUT2D eigenvalue weighted by atomic mass is 16.5. The summed E-state index contributed by atoms with van der Waals surface area (Å²) in [6, 6.07) is 6.98. The number of methoxy groups -OCH3 is 2. The van der Waals surface area contributed by atoms with Crippen LogP contribution in [-0.2, 0) is 6.54 Å². The molecule has 1 aromatic rings. The molecule has 2 aliphatic heterocycles.